The van der Waals surface area contributed by atoms with E-state index in [1.54, 1.807) is 0 Å². The average molecular weight is 235 g/mol. The maximum Gasteiger partial charge on any atom is 0.171 e. The fraction of sp³-hybridized carbons (Fsp3) is 0.250. The lowest BCUT2D eigenvalue weighted by molar-refractivity contribution is 0.421. The minimum Gasteiger partial charge on any atom is -0.356 e. The second-order valence-electron chi connectivity index (χ2n) is 3.84. The van der Waals surface area contributed by atoms with Crippen molar-refractivity contribution in [3.05, 3.63) is 40.5 Å². The van der Waals surface area contributed by atoms with Crippen LogP contribution in [-0.2, 0) is 13.0 Å². The number of aromatic nitrogens is 1. The van der Waals surface area contributed by atoms with E-state index in [0.717, 1.165) is 36.5 Å². The molecule has 1 aliphatic rings. The summed E-state index contributed by atoms with van der Waals surface area (Å²) in [5.41, 5.74) is 3.12. The molecule has 2 heterocycles. The normalized spacial score (nSPS) is 14.8. The van der Waals surface area contributed by atoms with Crippen LogP contribution in [0.25, 0.3) is 11.3 Å². The highest BCUT2D eigenvalue weighted by molar-refractivity contribution is 6.33. The Labute approximate surface area is 98.4 Å². The van der Waals surface area contributed by atoms with Gasteiger partial charge in [-0.2, -0.15) is 0 Å². The Kier molecular flexibility index (Phi) is 2.42. The number of halogens is 1. The summed E-state index contributed by atoms with van der Waals surface area (Å²) in [6.07, 6.45) is 0.944. The van der Waals surface area contributed by atoms with Gasteiger partial charge in [0.15, 0.2) is 5.76 Å². The maximum atomic E-state index is 6.15. The molecule has 0 bridgehead atoms. The van der Waals surface area contributed by atoms with Gasteiger partial charge in [-0.1, -0.05) is 28.9 Å². The highest BCUT2D eigenvalue weighted by Gasteiger charge is 2.21. The van der Waals surface area contributed by atoms with Gasteiger partial charge >= 0.3 is 0 Å². The predicted octanol–water partition coefficient (Wildman–Crippen LogP) is 2.64. The molecule has 0 saturated heterocycles. The highest BCUT2D eigenvalue weighted by Crippen LogP contribution is 2.32. The standard InChI is InChI=1S/C12H11ClN2O/c13-10-4-2-1-3-8(10)12-9-5-6-14-7-11(9)15-16-12/h1-4,14H,5-7H2. The Morgan fingerprint density at radius 2 is 2.19 bits per heavy atom. The number of nitrogens with zero attached hydrogens (tertiary/aromatic N) is 1. The van der Waals surface area contributed by atoms with Crippen LogP contribution in [0.2, 0.25) is 5.02 Å². The summed E-state index contributed by atoms with van der Waals surface area (Å²) in [5, 5.41) is 8.05. The quantitative estimate of drug-likeness (QED) is 0.825. The summed E-state index contributed by atoms with van der Waals surface area (Å²) in [6, 6.07) is 7.70. The minimum atomic E-state index is 0.708. The van der Waals surface area contributed by atoms with E-state index in [1.165, 1.54) is 5.56 Å². The van der Waals surface area contributed by atoms with E-state index >= 15 is 0 Å². The molecule has 0 unspecified atom stereocenters. The van der Waals surface area contributed by atoms with Crippen molar-refractivity contribution in [1.82, 2.24) is 10.5 Å². The molecule has 0 radical (unpaired) electrons. The van der Waals surface area contributed by atoms with Crippen LogP contribution in [-0.4, -0.2) is 11.7 Å². The summed E-state index contributed by atoms with van der Waals surface area (Å²) < 4.78 is 5.41. The first-order valence-corrected chi connectivity index (χ1v) is 5.67. The molecule has 1 aromatic carbocycles. The Morgan fingerprint density at radius 1 is 1.31 bits per heavy atom. The largest absolute Gasteiger partial charge is 0.356 e. The van der Waals surface area contributed by atoms with Gasteiger partial charge in [0.1, 0.15) is 5.69 Å². The molecule has 0 fully saturated rings. The van der Waals surface area contributed by atoms with E-state index in [1.807, 2.05) is 24.3 Å². The van der Waals surface area contributed by atoms with Gasteiger partial charge in [0.05, 0.1) is 5.02 Å². The molecule has 0 amide bonds. The zero-order valence-electron chi connectivity index (χ0n) is 8.66. The van der Waals surface area contributed by atoms with Gasteiger partial charge in [0.2, 0.25) is 0 Å². The number of nitrogens with one attached hydrogen (secondary N) is 1. The monoisotopic (exact) mass is 234 g/mol. The van der Waals surface area contributed by atoms with E-state index in [-0.39, 0.29) is 0 Å². The van der Waals surface area contributed by atoms with Crippen molar-refractivity contribution >= 4 is 11.6 Å². The number of benzene rings is 1. The summed E-state index contributed by atoms with van der Waals surface area (Å²) in [4.78, 5) is 0. The summed E-state index contributed by atoms with van der Waals surface area (Å²) in [7, 11) is 0. The summed E-state index contributed by atoms with van der Waals surface area (Å²) >= 11 is 6.15. The topological polar surface area (TPSA) is 38.1 Å². The van der Waals surface area contributed by atoms with Gasteiger partial charge < -0.3 is 9.84 Å². The van der Waals surface area contributed by atoms with Crippen molar-refractivity contribution < 1.29 is 4.52 Å². The maximum absolute atomic E-state index is 6.15. The molecule has 0 saturated carbocycles. The smallest absolute Gasteiger partial charge is 0.171 e. The molecule has 3 rings (SSSR count). The van der Waals surface area contributed by atoms with Crippen molar-refractivity contribution in [1.29, 1.82) is 0 Å². The van der Waals surface area contributed by atoms with E-state index < -0.39 is 0 Å². The molecule has 1 N–H and O–H groups in total. The molecule has 82 valence electrons. The predicted molar refractivity (Wildman–Crippen MR) is 62.4 cm³/mol. The molecule has 1 aliphatic heterocycles. The lowest BCUT2D eigenvalue weighted by Gasteiger charge is -2.11. The third kappa shape index (κ3) is 1.52. The Bertz CT molecular complexity index is 521. The second-order valence-corrected chi connectivity index (χ2v) is 4.25. The van der Waals surface area contributed by atoms with Crippen LogP contribution in [0.4, 0.5) is 0 Å². The second kappa shape index (κ2) is 3.92. The lowest BCUT2D eigenvalue weighted by atomic mass is 10.0. The molecule has 0 spiro atoms. The van der Waals surface area contributed by atoms with Gasteiger partial charge in [0.25, 0.3) is 0 Å². The van der Waals surface area contributed by atoms with Gasteiger partial charge in [-0.3, -0.25) is 0 Å². The fourth-order valence-corrected chi connectivity index (χ4v) is 2.24. The zero-order chi connectivity index (χ0) is 11.0. The van der Waals surface area contributed by atoms with Crippen LogP contribution in [0.5, 0.6) is 0 Å². The summed E-state index contributed by atoms with van der Waals surface area (Å²) in [5.74, 6) is 0.821. The number of hydrogen-bond donors (Lipinski definition) is 1. The number of hydrogen-bond acceptors (Lipinski definition) is 3. The first-order valence-electron chi connectivity index (χ1n) is 5.29. The third-order valence-corrected chi connectivity index (χ3v) is 3.16. The van der Waals surface area contributed by atoms with Crippen molar-refractivity contribution in [2.45, 2.75) is 13.0 Å². The molecule has 0 aliphatic carbocycles. The van der Waals surface area contributed by atoms with Gasteiger partial charge in [-0.25, -0.2) is 0 Å². The van der Waals surface area contributed by atoms with Crippen LogP contribution in [0.15, 0.2) is 28.8 Å². The van der Waals surface area contributed by atoms with Gasteiger partial charge in [-0.15, -0.1) is 0 Å². The van der Waals surface area contributed by atoms with Gasteiger partial charge in [-0.05, 0) is 25.1 Å². The summed E-state index contributed by atoms with van der Waals surface area (Å²) in [6.45, 7) is 1.74. The van der Waals surface area contributed by atoms with Crippen molar-refractivity contribution in [2.75, 3.05) is 6.54 Å². The molecule has 1 aromatic heterocycles. The van der Waals surface area contributed by atoms with Crippen molar-refractivity contribution in [3.63, 3.8) is 0 Å². The first-order chi connectivity index (χ1) is 7.86. The first kappa shape index (κ1) is 9.87. The Morgan fingerprint density at radius 3 is 3.06 bits per heavy atom. The van der Waals surface area contributed by atoms with Crippen molar-refractivity contribution in [3.8, 4) is 11.3 Å². The van der Waals surface area contributed by atoms with Crippen LogP contribution in [0.3, 0.4) is 0 Å². The van der Waals surface area contributed by atoms with E-state index in [2.05, 4.69) is 10.5 Å². The molecule has 16 heavy (non-hydrogen) atoms. The molecular formula is C12H11ClN2O. The average Bonchev–Trinajstić information content (AvgIpc) is 2.74. The highest BCUT2D eigenvalue weighted by atomic mass is 35.5. The van der Waals surface area contributed by atoms with Crippen LogP contribution in [0, 0.1) is 0 Å². The molecular weight excluding hydrogens is 224 g/mol. The number of rotatable bonds is 1. The zero-order valence-corrected chi connectivity index (χ0v) is 9.42. The van der Waals surface area contributed by atoms with Crippen LogP contribution in [0.1, 0.15) is 11.3 Å². The van der Waals surface area contributed by atoms with Gasteiger partial charge in [0, 0.05) is 17.7 Å². The fourth-order valence-electron chi connectivity index (χ4n) is 2.02. The molecule has 0 atom stereocenters. The lowest BCUT2D eigenvalue weighted by Crippen LogP contribution is -2.23. The van der Waals surface area contributed by atoms with Crippen molar-refractivity contribution in [2.24, 2.45) is 0 Å². The Balaban J connectivity index is 2.13. The molecule has 4 heteroatoms. The Hall–Kier alpha value is -1.32. The minimum absolute atomic E-state index is 0.708. The molecule has 3 nitrogen and oxygen atoms in total. The number of fused-ring (bicyclic) bond motifs is 1. The SMILES string of the molecule is Clc1ccccc1-c1onc2c1CCNC2. The van der Waals surface area contributed by atoms with Crippen LogP contribution >= 0.6 is 11.6 Å². The third-order valence-electron chi connectivity index (χ3n) is 2.83. The molecule has 2 aromatic rings. The van der Waals surface area contributed by atoms with E-state index in [0.29, 0.717) is 5.02 Å². The van der Waals surface area contributed by atoms with E-state index in [9.17, 15) is 0 Å². The van der Waals surface area contributed by atoms with E-state index in [4.69, 9.17) is 16.1 Å². The van der Waals surface area contributed by atoms with Crippen LogP contribution < -0.4 is 5.32 Å².